The number of halogens is 9. The van der Waals surface area contributed by atoms with E-state index in [1.165, 1.54) is 53.3 Å². The molecule has 3 N–H and O–H groups in total. The molecule has 0 unspecified atom stereocenters. The molecule has 3 aliphatic heterocycles. The van der Waals surface area contributed by atoms with Crippen molar-refractivity contribution in [1.82, 2.24) is 4.98 Å². The summed E-state index contributed by atoms with van der Waals surface area (Å²) in [7, 11) is -2.99. The van der Waals surface area contributed by atoms with Crippen LogP contribution in [0.15, 0.2) is 323 Å². The second-order valence-electron chi connectivity index (χ2n) is 32.1. The van der Waals surface area contributed by atoms with E-state index < -0.39 is 54.2 Å². The SMILES string of the molecule is CC1(C)OB(B2OC(C)(C)C(C)(C)O2)OC1(C)C.CC1(C)OB(c2ccccc2[N+](=O)[O-])OC1(C)C.Clc1cc(-c2ccccc2)c2c(c1)[nH]c1ccccc12.Clc1ccc(I)c(Br)c1.Ic1ccccc1.O=[N+]([O-])c1ccccc1-c1ccc(Cl)cc1-c1ccccc1.O=[N+]([O-])c1ccccc1-c1ccc(Cl)cc1Br.O=[N+]([O-])c1ccccc1Br.OB(O)c1ccccc1. The lowest BCUT2D eigenvalue weighted by atomic mass is 9.49. The number of hydrogen-bond donors (Lipinski definition) is 3. The van der Waals surface area contributed by atoms with Crippen molar-refractivity contribution >= 4 is 223 Å². The molecule has 0 amide bonds. The number of nitrogens with one attached hydrogen (secondary N) is 1. The van der Waals surface area contributed by atoms with E-state index in [1.54, 1.807) is 121 Å². The van der Waals surface area contributed by atoms with Gasteiger partial charge in [0.1, 0.15) is 0 Å². The fourth-order valence-corrected chi connectivity index (χ4v) is 15.9. The van der Waals surface area contributed by atoms with Crippen molar-refractivity contribution in [1.29, 1.82) is 0 Å². The maximum atomic E-state index is 11.3. The minimum absolute atomic E-state index is 0.0241. The summed E-state index contributed by atoms with van der Waals surface area (Å²) < 4.78 is 40.2. The molecule has 34 heteroatoms. The highest BCUT2D eigenvalue weighted by molar-refractivity contribution is 14.1. The van der Waals surface area contributed by atoms with E-state index >= 15 is 0 Å². The normalized spacial score (nSPS) is 14.7. The van der Waals surface area contributed by atoms with E-state index in [0.717, 1.165) is 52.3 Å². The smallest absolute Gasteiger partial charge is 0.423 e. The molecule has 3 fully saturated rings. The summed E-state index contributed by atoms with van der Waals surface area (Å²) >= 11 is 38.2. The van der Waals surface area contributed by atoms with Crippen molar-refractivity contribution in [3.63, 3.8) is 0 Å². The molecule has 13 aromatic carbocycles. The third-order valence-electron chi connectivity index (χ3n) is 21.6. The van der Waals surface area contributed by atoms with Gasteiger partial charge in [-0.2, -0.15) is 0 Å². The maximum absolute atomic E-state index is 11.3. The number of fused-ring (bicyclic) bond motifs is 3. The van der Waals surface area contributed by atoms with E-state index in [9.17, 15) is 40.5 Å². The van der Waals surface area contributed by atoms with Crippen LogP contribution in [0.5, 0.6) is 0 Å². The quantitative estimate of drug-likeness (QED) is 0.0357. The zero-order valence-corrected chi connectivity index (χ0v) is 84.7. The van der Waals surface area contributed by atoms with Gasteiger partial charge in [-0.1, -0.05) is 256 Å². The summed E-state index contributed by atoms with van der Waals surface area (Å²) in [5.41, 5.74) is 7.96. The number of aromatic amines is 1. The Balaban J connectivity index is 0.000000168. The molecule has 1 aromatic heterocycles. The predicted octanol–water partition coefficient (Wildman–Crippen LogP) is 27.8. The van der Waals surface area contributed by atoms with Gasteiger partial charge in [0.25, 0.3) is 22.7 Å². The molecule has 4 heterocycles. The summed E-state index contributed by atoms with van der Waals surface area (Å²) in [6.07, 6.45) is 0. The molecule has 0 atom stereocenters. The van der Waals surface area contributed by atoms with Crippen LogP contribution in [0.2, 0.25) is 20.1 Å². The standard InChI is InChI=1S/C18H12ClNO2.C18H12ClN.C12H24B2O4.C12H16BNO4.C12H7BrClNO2.C6H7BO2.C6H3BrClI.C6H4BrNO2.C6H5I/c19-14-10-11-15(16-8-4-5-9-18(16)20(21)22)17(12-14)13-6-2-1-3-7-13;19-13-10-15(12-6-2-1-3-7-12)18-14-8-4-5-9-16(14)20-17(18)11-13;1-9(2)10(3,4)16-13(15-9)14-17-11(5,6)12(7,8)18-14;1-11(2)12(3,4)18-13(17-11)9-7-5-6-8-10(9)14(15)16;13-11-7-8(14)5-6-9(11)10-3-1-2-4-12(10)15(16)17;8-7(9)6-4-2-1-3-5-6;7-5-3-4(8)1-2-6(5)9;7-5-3-1-2-4-6(5)8(9)10;7-6-4-2-1-3-5-6/h1-12H;1-11,20H;1-8H3;5-8H,1-4H3;1-7H;1-5,8-9H;1-3H;1-4H;1-5H. The Hall–Kier alpha value is -8.74. The molecule has 0 radical (unpaired) electrons. The Morgan fingerprint density at radius 3 is 1.12 bits per heavy atom. The Morgan fingerprint density at radius 2 is 0.700 bits per heavy atom. The predicted molar refractivity (Wildman–Crippen MR) is 556 cm³/mol. The first-order chi connectivity index (χ1) is 61.3. The fourth-order valence-electron chi connectivity index (χ4n) is 12.8. The molecule has 0 spiro atoms. The summed E-state index contributed by atoms with van der Waals surface area (Å²) in [6, 6.07) is 93.9. The van der Waals surface area contributed by atoms with Crippen molar-refractivity contribution in [3.8, 4) is 44.5 Å². The molecule has 21 nitrogen and oxygen atoms in total. The van der Waals surface area contributed by atoms with E-state index in [1.807, 2.05) is 192 Å². The van der Waals surface area contributed by atoms with Crippen LogP contribution in [0.3, 0.4) is 0 Å². The van der Waals surface area contributed by atoms with Gasteiger partial charge < -0.3 is 43.0 Å². The van der Waals surface area contributed by atoms with Gasteiger partial charge >= 0.3 is 28.3 Å². The van der Waals surface area contributed by atoms with Crippen molar-refractivity contribution < 1.29 is 57.7 Å². The number of H-pyrrole nitrogens is 1. The number of nitrogens with zero attached hydrogens (tertiary/aromatic N) is 4. The highest BCUT2D eigenvalue weighted by atomic mass is 127. The van der Waals surface area contributed by atoms with Crippen LogP contribution in [0.4, 0.5) is 22.7 Å². The van der Waals surface area contributed by atoms with Gasteiger partial charge in [-0.05, 0) is 284 Å². The molecule has 0 aliphatic carbocycles. The van der Waals surface area contributed by atoms with Crippen LogP contribution in [0.25, 0.3) is 66.3 Å². The van der Waals surface area contributed by atoms with Gasteiger partial charge in [-0.3, -0.25) is 40.5 Å². The highest BCUT2D eigenvalue weighted by Gasteiger charge is 2.64. The molecule has 670 valence electrons. The lowest BCUT2D eigenvalue weighted by molar-refractivity contribution is -0.385. The van der Waals surface area contributed by atoms with E-state index in [4.69, 9.17) is 84.4 Å². The van der Waals surface area contributed by atoms with Gasteiger partial charge in [0.05, 0.1) is 74.4 Å². The lowest BCUT2D eigenvalue weighted by Crippen LogP contribution is -2.41. The Bertz CT molecular complexity index is 6150. The largest absolute Gasteiger partial charge is 0.501 e. The minimum Gasteiger partial charge on any atom is -0.423 e. The summed E-state index contributed by atoms with van der Waals surface area (Å²) in [6.45, 7) is 23.9. The topological polar surface area (TPSA) is 284 Å². The maximum Gasteiger partial charge on any atom is 0.501 e. The zero-order chi connectivity index (χ0) is 95.2. The molecule has 14 aromatic rings. The first-order valence-corrected chi connectivity index (χ1v) is 46.3. The molecular weight excluding hydrogens is 2160 g/mol. The van der Waals surface area contributed by atoms with E-state index in [-0.39, 0.29) is 50.1 Å². The second kappa shape index (κ2) is 47.3. The van der Waals surface area contributed by atoms with Gasteiger partial charge in [-0.25, -0.2) is 0 Å². The van der Waals surface area contributed by atoms with Gasteiger partial charge in [0.15, 0.2) is 0 Å². The number of hydrogen-bond acceptors (Lipinski definition) is 16. The molecule has 0 bridgehead atoms. The van der Waals surface area contributed by atoms with Crippen LogP contribution in [-0.4, -0.2) is 96.6 Å². The number of nitro groups is 4. The fraction of sp³-hybridized carbons (Fsp3) is 0.188. The number of benzene rings is 13. The highest BCUT2D eigenvalue weighted by Crippen LogP contribution is 2.45. The number of aromatic nitrogens is 1. The van der Waals surface area contributed by atoms with Crippen molar-refractivity contribution in [2.75, 3.05) is 0 Å². The van der Waals surface area contributed by atoms with Crippen LogP contribution >= 0.6 is 139 Å². The molecule has 0 saturated carbocycles. The van der Waals surface area contributed by atoms with Crippen molar-refractivity contribution in [2.24, 2.45) is 0 Å². The Kier molecular flexibility index (Phi) is 38.2. The van der Waals surface area contributed by atoms with Crippen LogP contribution in [0, 0.1) is 47.6 Å². The first-order valence-electron chi connectivity index (χ1n) is 40.3. The van der Waals surface area contributed by atoms with E-state index in [2.05, 4.69) is 153 Å². The van der Waals surface area contributed by atoms with Crippen LogP contribution in [0.1, 0.15) is 83.1 Å². The molecule has 3 aliphatic rings. The zero-order valence-electron chi connectivity index (χ0n) is 72.6. The average molecular weight is 2250 g/mol. The van der Waals surface area contributed by atoms with Gasteiger partial charge in [0.2, 0.25) is 0 Å². The van der Waals surface area contributed by atoms with Gasteiger partial charge in [0, 0.05) is 87.8 Å². The third kappa shape index (κ3) is 28.4. The summed E-state index contributed by atoms with van der Waals surface area (Å²) in [5.74, 6) is 0. The van der Waals surface area contributed by atoms with Crippen LogP contribution < -0.4 is 10.9 Å². The first kappa shape index (κ1) is 105. The third-order valence-corrected chi connectivity index (χ3v) is 26.9. The lowest BCUT2D eigenvalue weighted by Gasteiger charge is -2.32. The van der Waals surface area contributed by atoms with E-state index in [0.29, 0.717) is 36.6 Å². The Labute approximate surface area is 829 Å². The minimum atomic E-state index is -1.34. The van der Waals surface area contributed by atoms with Crippen LogP contribution in [-0.2, 0) is 27.9 Å². The molecule has 17 rings (SSSR count). The molecule has 130 heavy (non-hydrogen) atoms. The monoisotopic (exact) mass is 2240 g/mol. The number of para-hydroxylation sites is 5. The average Bonchev–Trinajstić information content (AvgIpc) is 1.59. The van der Waals surface area contributed by atoms with Crippen molar-refractivity contribution in [3.05, 3.63) is 390 Å². The summed E-state index contributed by atoms with van der Waals surface area (Å²) in [4.78, 5) is 45.3. The molecular formula is C96H90B4Br3Cl4I2N5O16. The Morgan fingerprint density at radius 1 is 0.338 bits per heavy atom. The summed E-state index contributed by atoms with van der Waals surface area (Å²) in [5, 5.41) is 65.7. The number of rotatable bonds is 11. The second-order valence-corrected chi connectivity index (χ2v) is 38.9. The number of nitro benzene ring substituents is 4. The molecule has 3 saturated heterocycles. The van der Waals surface area contributed by atoms with Crippen molar-refractivity contribution in [2.45, 2.75) is 117 Å². The van der Waals surface area contributed by atoms with Gasteiger partial charge in [-0.15, -0.1) is 0 Å².